The summed E-state index contributed by atoms with van der Waals surface area (Å²) < 4.78 is 59.6. The Kier molecular flexibility index (Phi) is 6.32. The van der Waals surface area contributed by atoms with Crippen molar-refractivity contribution >= 4 is 42.4 Å². The number of piperidine rings is 1. The van der Waals surface area contributed by atoms with Gasteiger partial charge in [0.1, 0.15) is 21.2 Å². The third kappa shape index (κ3) is 5.37. The minimum Gasteiger partial charge on any atom is -0.481 e. The van der Waals surface area contributed by atoms with E-state index in [9.17, 15) is 16.8 Å². The summed E-state index contributed by atoms with van der Waals surface area (Å²) in [7, 11) is -7.41. The molecule has 37 heavy (non-hydrogen) atoms. The highest BCUT2D eigenvalue weighted by atomic mass is 32.2. The van der Waals surface area contributed by atoms with Crippen LogP contribution in [0.1, 0.15) is 32.3 Å². The summed E-state index contributed by atoms with van der Waals surface area (Å²) in [5.41, 5.74) is 0.293. The summed E-state index contributed by atoms with van der Waals surface area (Å²) in [6.07, 6.45) is 10.4. The molecule has 3 aromatic rings. The highest BCUT2D eigenvalue weighted by molar-refractivity contribution is 7.91. The van der Waals surface area contributed by atoms with Gasteiger partial charge in [0.2, 0.25) is 10.0 Å². The van der Waals surface area contributed by atoms with E-state index in [0.29, 0.717) is 17.3 Å². The first-order chi connectivity index (χ1) is 17.4. The summed E-state index contributed by atoms with van der Waals surface area (Å²) >= 11 is 0. The van der Waals surface area contributed by atoms with E-state index in [0.717, 1.165) is 42.6 Å². The molecule has 1 aromatic heterocycles. The van der Waals surface area contributed by atoms with Gasteiger partial charge in [-0.3, -0.25) is 4.98 Å². The van der Waals surface area contributed by atoms with Gasteiger partial charge in [-0.15, -0.1) is 0 Å². The monoisotopic (exact) mass is 541 g/mol. The van der Waals surface area contributed by atoms with Crippen molar-refractivity contribution in [1.29, 1.82) is 0 Å². The Hall–Kier alpha value is -2.95. The number of para-hydroxylation sites is 1. The average Bonchev–Trinajstić information content (AvgIpc) is 2.81. The zero-order valence-electron chi connectivity index (χ0n) is 21.1. The second-order valence-corrected chi connectivity index (χ2v) is 14.4. The molecule has 1 atom stereocenters. The largest absolute Gasteiger partial charge is 0.481 e. The van der Waals surface area contributed by atoms with Gasteiger partial charge in [-0.1, -0.05) is 24.3 Å². The van der Waals surface area contributed by atoms with Crippen molar-refractivity contribution in [2.75, 3.05) is 30.0 Å². The van der Waals surface area contributed by atoms with Gasteiger partial charge in [0.05, 0.1) is 17.2 Å². The molecule has 10 heteroatoms. The Morgan fingerprint density at radius 2 is 1.86 bits per heavy atom. The number of nitrogens with zero attached hydrogens (tertiary/aromatic N) is 2. The van der Waals surface area contributed by atoms with E-state index < -0.39 is 31.0 Å². The molecule has 1 N–H and O–H groups in total. The van der Waals surface area contributed by atoms with Gasteiger partial charge in [0.15, 0.2) is 0 Å². The van der Waals surface area contributed by atoms with Gasteiger partial charge in [0, 0.05) is 52.8 Å². The number of ether oxygens (including phenoxy) is 1. The number of rotatable bonds is 6. The molecule has 0 amide bonds. The third-order valence-corrected chi connectivity index (χ3v) is 9.71. The second kappa shape index (κ2) is 9.11. The molecule has 1 fully saturated rings. The lowest BCUT2D eigenvalue weighted by molar-refractivity contribution is 0.0988. The number of hydrogen-bond acceptors (Lipinski definition) is 7. The number of hydrogen-bond donors (Lipinski definition) is 1. The lowest BCUT2D eigenvalue weighted by Gasteiger charge is -2.44. The SMILES string of the molecule is CC(C)(CS(C)(=O)=O)NS(=O)(=O)c1ccc(N2CCCC3(C=Cc4ccccc4O3)C2)c2cnccc12. The molecule has 3 heterocycles. The lowest BCUT2D eigenvalue weighted by atomic mass is 9.89. The fourth-order valence-corrected chi connectivity index (χ4v) is 8.54. The Labute approximate surface area is 218 Å². The summed E-state index contributed by atoms with van der Waals surface area (Å²) in [5, 5.41) is 1.24. The highest BCUT2D eigenvalue weighted by Gasteiger charge is 2.38. The Morgan fingerprint density at radius 1 is 1.08 bits per heavy atom. The van der Waals surface area contributed by atoms with Gasteiger partial charge in [-0.2, -0.15) is 0 Å². The maximum absolute atomic E-state index is 13.4. The predicted molar refractivity (Wildman–Crippen MR) is 146 cm³/mol. The molecule has 5 rings (SSSR count). The van der Waals surface area contributed by atoms with Gasteiger partial charge in [-0.25, -0.2) is 21.6 Å². The third-order valence-electron chi connectivity index (χ3n) is 6.70. The number of benzene rings is 2. The van der Waals surface area contributed by atoms with Crippen molar-refractivity contribution in [3.05, 3.63) is 66.5 Å². The normalized spacial score (nSPS) is 20.1. The van der Waals surface area contributed by atoms with Crippen LogP contribution in [-0.4, -0.2) is 58.1 Å². The molecule has 2 aliphatic rings. The molecule has 1 spiro atoms. The van der Waals surface area contributed by atoms with Crippen LogP contribution in [0.15, 0.2) is 65.8 Å². The molecule has 1 saturated heterocycles. The zero-order valence-corrected chi connectivity index (χ0v) is 22.8. The fourth-order valence-electron chi connectivity index (χ4n) is 5.44. The Balaban J connectivity index is 1.49. The minimum atomic E-state index is -4.02. The first-order valence-electron chi connectivity index (χ1n) is 12.2. The first kappa shape index (κ1) is 25.7. The topological polar surface area (TPSA) is 106 Å². The van der Waals surface area contributed by atoms with Crippen molar-refractivity contribution in [1.82, 2.24) is 9.71 Å². The van der Waals surface area contributed by atoms with Gasteiger partial charge in [0.25, 0.3) is 0 Å². The maximum Gasteiger partial charge on any atom is 0.241 e. The van der Waals surface area contributed by atoms with E-state index in [4.69, 9.17) is 4.74 Å². The molecular weight excluding hydrogens is 510 g/mol. The van der Waals surface area contributed by atoms with Crippen LogP contribution in [0.5, 0.6) is 5.75 Å². The number of aromatic nitrogens is 1. The maximum atomic E-state index is 13.4. The van der Waals surface area contributed by atoms with Crippen molar-refractivity contribution in [2.45, 2.75) is 42.7 Å². The smallest absolute Gasteiger partial charge is 0.241 e. The van der Waals surface area contributed by atoms with E-state index in [1.165, 1.54) is 0 Å². The van der Waals surface area contributed by atoms with E-state index >= 15 is 0 Å². The average molecular weight is 542 g/mol. The van der Waals surface area contributed by atoms with Crippen LogP contribution in [0.4, 0.5) is 5.69 Å². The molecule has 0 aliphatic carbocycles. The van der Waals surface area contributed by atoms with Crippen LogP contribution < -0.4 is 14.4 Å². The number of nitrogens with one attached hydrogen (secondary N) is 1. The molecule has 0 saturated carbocycles. The van der Waals surface area contributed by atoms with Crippen LogP contribution in [-0.2, 0) is 19.9 Å². The standard InChI is InChI=1S/C27H31N3O5S2/c1-26(2,19-36(3,31)32)29-37(33,34)25-10-9-23(22-17-28-15-12-21(22)25)30-16-6-13-27(18-30)14-11-20-7-4-5-8-24(20)35-27/h4-5,7-12,14-15,17,29H,6,13,16,18-19H2,1-3H3. The van der Waals surface area contributed by atoms with E-state index in [2.05, 4.69) is 26.8 Å². The van der Waals surface area contributed by atoms with Crippen LogP contribution >= 0.6 is 0 Å². The molecule has 196 valence electrons. The quantitative estimate of drug-likeness (QED) is 0.506. The molecule has 8 nitrogen and oxygen atoms in total. The number of sulfonamides is 1. The zero-order chi connectivity index (χ0) is 26.5. The van der Waals surface area contributed by atoms with Crippen LogP contribution in [0, 0.1) is 0 Å². The van der Waals surface area contributed by atoms with Gasteiger partial charge >= 0.3 is 0 Å². The van der Waals surface area contributed by atoms with Gasteiger partial charge < -0.3 is 9.64 Å². The summed E-state index contributed by atoms with van der Waals surface area (Å²) in [4.78, 5) is 6.59. The summed E-state index contributed by atoms with van der Waals surface area (Å²) in [5.74, 6) is 0.547. The van der Waals surface area contributed by atoms with Gasteiger partial charge in [-0.05, 0) is 57.0 Å². The van der Waals surface area contributed by atoms with E-state index in [1.54, 1.807) is 38.4 Å². The number of anilines is 1. The molecule has 0 bridgehead atoms. The number of pyridine rings is 1. The second-order valence-electron chi connectivity index (χ2n) is 10.6. The van der Waals surface area contributed by atoms with Crippen LogP contribution in [0.25, 0.3) is 16.8 Å². The summed E-state index contributed by atoms with van der Waals surface area (Å²) in [6, 6.07) is 13.1. The van der Waals surface area contributed by atoms with Crippen LogP contribution in [0.2, 0.25) is 0 Å². The van der Waals surface area contributed by atoms with Crippen molar-refractivity contribution < 1.29 is 21.6 Å². The van der Waals surface area contributed by atoms with Crippen molar-refractivity contribution in [2.24, 2.45) is 0 Å². The highest BCUT2D eigenvalue weighted by Crippen LogP contribution is 2.39. The Morgan fingerprint density at radius 3 is 2.65 bits per heavy atom. The van der Waals surface area contributed by atoms with Crippen molar-refractivity contribution in [3.8, 4) is 5.75 Å². The molecule has 0 radical (unpaired) electrons. The molecule has 1 unspecified atom stereocenters. The Bertz CT molecular complexity index is 1600. The van der Waals surface area contributed by atoms with Crippen LogP contribution in [0.3, 0.4) is 0 Å². The molecule has 2 aromatic carbocycles. The number of sulfone groups is 1. The van der Waals surface area contributed by atoms with E-state index in [1.807, 2.05) is 30.3 Å². The predicted octanol–water partition coefficient (Wildman–Crippen LogP) is 3.78. The number of fused-ring (bicyclic) bond motifs is 2. The first-order valence-corrected chi connectivity index (χ1v) is 15.7. The fraction of sp³-hybridized carbons (Fsp3) is 0.370. The molecule has 2 aliphatic heterocycles. The van der Waals surface area contributed by atoms with Crippen molar-refractivity contribution in [3.63, 3.8) is 0 Å². The minimum absolute atomic E-state index is 0.0877. The lowest BCUT2D eigenvalue weighted by Crippen LogP contribution is -2.51. The molecular formula is C27H31N3O5S2. The summed E-state index contributed by atoms with van der Waals surface area (Å²) in [6.45, 7) is 4.54. The van der Waals surface area contributed by atoms with E-state index in [-0.39, 0.29) is 10.6 Å².